The van der Waals surface area contributed by atoms with Gasteiger partial charge in [0.05, 0.1) is 12.1 Å². The average molecular weight is 426 g/mol. The Bertz CT molecular complexity index is 927. The highest BCUT2D eigenvalue weighted by Crippen LogP contribution is 2.34. The summed E-state index contributed by atoms with van der Waals surface area (Å²) in [6.45, 7) is 5.71. The minimum atomic E-state index is -2.79. The molecular formula is C20H23ClF3N5. The fraction of sp³-hybridized carbons (Fsp3) is 0.450. The Morgan fingerprint density at radius 2 is 2.03 bits per heavy atom. The summed E-state index contributed by atoms with van der Waals surface area (Å²) < 4.78 is 40.9. The maximum absolute atomic E-state index is 13.8. The monoisotopic (exact) mass is 425 g/mol. The van der Waals surface area contributed by atoms with E-state index in [4.69, 9.17) is 17.0 Å². The van der Waals surface area contributed by atoms with Gasteiger partial charge in [-0.2, -0.15) is 0 Å². The number of aromatic nitrogens is 2. The quantitative estimate of drug-likeness (QED) is 0.660. The van der Waals surface area contributed by atoms with E-state index in [0.717, 1.165) is 6.21 Å². The minimum Gasteiger partial charge on any atom is -0.365 e. The summed E-state index contributed by atoms with van der Waals surface area (Å²) in [6, 6.07) is 4.08. The van der Waals surface area contributed by atoms with Crippen molar-refractivity contribution in [3.05, 3.63) is 46.0 Å². The SMILES string of the molecule is CC(C)(C)c1nc(NCc2ccc(F)cc2Cl)c(C=N)c(N2CCC(F)(F)C2)n1. The van der Waals surface area contributed by atoms with Crippen molar-refractivity contribution in [2.45, 2.75) is 45.1 Å². The van der Waals surface area contributed by atoms with Gasteiger partial charge in [0.25, 0.3) is 5.92 Å². The molecule has 2 heterocycles. The molecule has 1 aliphatic rings. The number of hydrogen-bond donors (Lipinski definition) is 2. The van der Waals surface area contributed by atoms with Crippen molar-refractivity contribution < 1.29 is 13.2 Å². The first-order valence-electron chi connectivity index (χ1n) is 9.24. The Morgan fingerprint density at radius 1 is 1.31 bits per heavy atom. The van der Waals surface area contributed by atoms with Crippen LogP contribution in [-0.2, 0) is 12.0 Å². The number of nitrogens with one attached hydrogen (secondary N) is 2. The Morgan fingerprint density at radius 3 is 2.59 bits per heavy atom. The molecule has 0 saturated carbocycles. The van der Waals surface area contributed by atoms with Gasteiger partial charge in [-0.3, -0.25) is 0 Å². The molecule has 0 radical (unpaired) electrons. The van der Waals surface area contributed by atoms with Crippen LogP contribution in [0.5, 0.6) is 0 Å². The number of halogens is 4. The largest absolute Gasteiger partial charge is 0.365 e. The normalized spacial score (nSPS) is 16.2. The third-order valence-electron chi connectivity index (χ3n) is 4.67. The van der Waals surface area contributed by atoms with Crippen LogP contribution >= 0.6 is 11.6 Å². The summed E-state index contributed by atoms with van der Waals surface area (Å²) in [4.78, 5) is 10.6. The van der Waals surface area contributed by atoms with Gasteiger partial charge in [0.2, 0.25) is 0 Å². The van der Waals surface area contributed by atoms with Gasteiger partial charge in [-0.15, -0.1) is 0 Å². The number of alkyl halides is 2. The summed E-state index contributed by atoms with van der Waals surface area (Å²) in [5.74, 6) is -2.09. The van der Waals surface area contributed by atoms with Gasteiger partial charge in [0.15, 0.2) is 0 Å². The van der Waals surface area contributed by atoms with Gasteiger partial charge in [-0.1, -0.05) is 38.4 Å². The maximum atomic E-state index is 13.8. The van der Waals surface area contributed by atoms with Gasteiger partial charge in [0.1, 0.15) is 23.3 Å². The Hall–Kier alpha value is -2.35. The zero-order valence-electron chi connectivity index (χ0n) is 16.5. The smallest absolute Gasteiger partial charge is 0.266 e. The van der Waals surface area contributed by atoms with Gasteiger partial charge >= 0.3 is 0 Å². The van der Waals surface area contributed by atoms with Crippen LogP contribution in [0.15, 0.2) is 18.2 Å². The van der Waals surface area contributed by atoms with Crippen molar-refractivity contribution in [3.63, 3.8) is 0 Å². The summed E-state index contributed by atoms with van der Waals surface area (Å²) in [5, 5.41) is 11.2. The predicted molar refractivity (Wildman–Crippen MR) is 109 cm³/mol. The lowest BCUT2D eigenvalue weighted by Crippen LogP contribution is -2.29. The van der Waals surface area contributed by atoms with E-state index in [1.54, 1.807) is 6.07 Å². The molecule has 9 heteroatoms. The number of anilines is 2. The molecule has 1 fully saturated rings. The van der Waals surface area contributed by atoms with Crippen LogP contribution in [0.2, 0.25) is 5.02 Å². The topological polar surface area (TPSA) is 64.9 Å². The second-order valence-electron chi connectivity index (χ2n) is 8.14. The van der Waals surface area contributed by atoms with Crippen LogP contribution in [0.1, 0.15) is 44.1 Å². The predicted octanol–water partition coefficient (Wildman–Crippen LogP) is 5.02. The van der Waals surface area contributed by atoms with E-state index in [9.17, 15) is 13.2 Å². The highest BCUT2D eigenvalue weighted by atomic mass is 35.5. The molecule has 0 spiro atoms. The first-order valence-corrected chi connectivity index (χ1v) is 9.61. The van der Waals surface area contributed by atoms with Crippen molar-refractivity contribution in [3.8, 4) is 0 Å². The van der Waals surface area contributed by atoms with E-state index in [1.165, 1.54) is 17.0 Å². The van der Waals surface area contributed by atoms with Gasteiger partial charge < -0.3 is 15.6 Å². The maximum Gasteiger partial charge on any atom is 0.266 e. The molecule has 1 aromatic heterocycles. The third kappa shape index (κ3) is 4.80. The molecule has 0 unspecified atom stereocenters. The first-order chi connectivity index (χ1) is 13.5. The Balaban J connectivity index is 2.00. The van der Waals surface area contributed by atoms with Crippen LogP contribution in [0.4, 0.5) is 24.8 Å². The number of hydrogen-bond acceptors (Lipinski definition) is 5. The zero-order valence-corrected chi connectivity index (χ0v) is 17.2. The van der Waals surface area contributed by atoms with E-state index in [-0.39, 0.29) is 24.5 Å². The highest BCUT2D eigenvalue weighted by molar-refractivity contribution is 6.31. The number of rotatable bonds is 5. The molecular weight excluding hydrogens is 403 g/mol. The van der Waals surface area contributed by atoms with Crippen molar-refractivity contribution >= 4 is 29.5 Å². The number of benzene rings is 1. The Labute approximate surface area is 172 Å². The molecule has 1 aromatic carbocycles. The van der Waals surface area contributed by atoms with Crippen molar-refractivity contribution in [2.24, 2.45) is 0 Å². The summed E-state index contributed by atoms with van der Waals surface area (Å²) in [6.07, 6.45) is 0.806. The minimum absolute atomic E-state index is 0.150. The summed E-state index contributed by atoms with van der Waals surface area (Å²) in [5.41, 5.74) is 0.546. The van der Waals surface area contributed by atoms with Crippen molar-refractivity contribution in [1.29, 1.82) is 5.41 Å². The molecule has 1 aliphatic heterocycles. The lowest BCUT2D eigenvalue weighted by atomic mass is 9.95. The van der Waals surface area contributed by atoms with E-state index < -0.39 is 23.7 Å². The molecule has 0 amide bonds. The second kappa shape index (κ2) is 7.82. The molecule has 156 valence electrons. The highest BCUT2D eigenvalue weighted by Gasteiger charge is 2.40. The molecule has 2 aromatic rings. The standard InChI is InChI=1S/C20H23ClF3N5/c1-19(2,3)18-27-16(26-10-12-4-5-13(22)8-15(12)21)14(9-25)17(28-18)29-7-6-20(23,24)11-29/h4-5,8-9,25H,6-7,10-11H2,1-3H3,(H,26,27,28). The van der Waals surface area contributed by atoms with Crippen LogP contribution in [-0.4, -0.2) is 35.2 Å². The Kier molecular flexibility index (Phi) is 5.76. The van der Waals surface area contributed by atoms with Crippen LogP contribution in [0, 0.1) is 11.2 Å². The molecule has 0 aliphatic carbocycles. The van der Waals surface area contributed by atoms with Gasteiger partial charge in [-0.25, -0.2) is 23.1 Å². The first kappa shape index (κ1) is 21.4. The zero-order chi connectivity index (χ0) is 21.4. The molecule has 2 N–H and O–H groups in total. The fourth-order valence-electron chi connectivity index (χ4n) is 3.06. The molecule has 0 bridgehead atoms. The molecule has 29 heavy (non-hydrogen) atoms. The van der Waals surface area contributed by atoms with Crippen LogP contribution in [0.3, 0.4) is 0 Å². The van der Waals surface area contributed by atoms with Gasteiger partial charge in [0, 0.05) is 36.2 Å². The van der Waals surface area contributed by atoms with E-state index in [0.29, 0.717) is 28.6 Å². The van der Waals surface area contributed by atoms with Crippen LogP contribution in [0.25, 0.3) is 0 Å². The summed E-state index contributed by atoms with van der Waals surface area (Å²) >= 11 is 6.09. The van der Waals surface area contributed by atoms with Crippen molar-refractivity contribution in [1.82, 2.24) is 9.97 Å². The lowest BCUT2D eigenvalue weighted by Gasteiger charge is -2.25. The second-order valence-corrected chi connectivity index (χ2v) is 8.55. The summed E-state index contributed by atoms with van der Waals surface area (Å²) in [7, 11) is 0. The van der Waals surface area contributed by atoms with E-state index >= 15 is 0 Å². The average Bonchev–Trinajstić information content (AvgIpc) is 2.99. The van der Waals surface area contributed by atoms with Crippen LogP contribution < -0.4 is 10.2 Å². The molecule has 0 atom stereocenters. The van der Waals surface area contributed by atoms with Crippen molar-refractivity contribution in [2.75, 3.05) is 23.3 Å². The van der Waals surface area contributed by atoms with E-state index in [1.807, 2.05) is 20.8 Å². The van der Waals surface area contributed by atoms with Gasteiger partial charge in [-0.05, 0) is 17.7 Å². The lowest BCUT2D eigenvalue weighted by molar-refractivity contribution is 0.0256. The molecule has 1 saturated heterocycles. The molecule has 3 rings (SSSR count). The number of nitrogens with zero attached hydrogens (tertiary/aromatic N) is 3. The van der Waals surface area contributed by atoms with E-state index in [2.05, 4.69) is 15.3 Å². The fourth-order valence-corrected chi connectivity index (χ4v) is 3.30. The third-order valence-corrected chi connectivity index (χ3v) is 5.02. The molecule has 5 nitrogen and oxygen atoms in total.